The normalized spacial score (nSPS) is 10.4. The minimum atomic E-state index is 0.483. The Labute approximate surface area is 99.1 Å². The number of hydrogen-bond donors (Lipinski definition) is 2. The van der Waals surface area contributed by atoms with E-state index in [-0.39, 0.29) is 0 Å². The van der Waals surface area contributed by atoms with Crippen LogP contribution in [0.1, 0.15) is 12.2 Å². The minimum absolute atomic E-state index is 0.483. The summed E-state index contributed by atoms with van der Waals surface area (Å²) in [6.07, 6.45) is 4.45. The van der Waals surface area contributed by atoms with Crippen molar-refractivity contribution >= 4 is 11.6 Å². The van der Waals surface area contributed by atoms with Crippen molar-refractivity contribution in [2.45, 2.75) is 19.9 Å². The summed E-state index contributed by atoms with van der Waals surface area (Å²) in [7, 11) is 0. The van der Waals surface area contributed by atoms with Crippen LogP contribution in [0.4, 0.5) is 11.6 Å². The van der Waals surface area contributed by atoms with Crippen LogP contribution in [0.25, 0.3) is 0 Å². The maximum absolute atomic E-state index is 5.63. The first-order valence-electron chi connectivity index (χ1n) is 5.43. The smallest absolute Gasteiger partial charge is 0.131 e. The van der Waals surface area contributed by atoms with Crippen molar-refractivity contribution in [3.05, 3.63) is 24.3 Å². The third-order valence-corrected chi connectivity index (χ3v) is 2.20. The van der Waals surface area contributed by atoms with Crippen molar-refractivity contribution in [3.8, 4) is 0 Å². The number of rotatable bonds is 5. The van der Waals surface area contributed by atoms with Crippen LogP contribution in [0, 0.1) is 6.92 Å². The van der Waals surface area contributed by atoms with E-state index < -0.39 is 0 Å². The van der Waals surface area contributed by atoms with Gasteiger partial charge < -0.3 is 11.1 Å². The number of aromatic nitrogens is 5. The Hall–Kier alpha value is -2.18. The molecule has 2 rings (SSSR count). The molecular formula is C10H15N7. The maximum atomic E-state index is 5.63. The van der Waals surface area contributed by atoms with Crippen molar-refractivity contribution < 1.29 is 0 Å². The van der Waals surface area contributed by atoms with E-state index >= 15 is 0 Å². The van der Waals surface area contributed by atoms with Crippen LogP contribution < -0.4 is 11.1 Å². The van der Waals surface area contributed by atoms with Crippen LogP contribution in [0.3, 0.4) is 0 Å². The highest BCUT2D eigenvalue weighted by Crippen LogP contribution is 2.07. The Morgan fingerprint density at radius 1 is 1.41 bits per heavy atom. The molecule has 17 heavy (non-hydrogen) atoms. The van der Waals surface area contributed by atoms with Gasteiger partial charge in [0.1, 0.15) is 17.5 Å². The van der Waals surface area contributed by atoms with Gasteiger partial charge in [0.2, 0.25) is 0 Å². The Bertz CT molecular complexity index is 445. The summed E-state index contributed by atoms with van der Waals surface area (Å²) in [6, 6.07) is 1.72. The standard InChI is InChI=1S/C10H15N7/c1-8-14-9(11)7-10(15-8)12-3-2-5-17-6-4-13-16-17/h4,6-7H,2-3,5H2,1H3,(H3,11,12,14,15). The number of anilines is 2. The molecule has 0 saturated carbocycles. The number of aryl methyl sites for hydroxylation is 2. The molecule has 0 aliphatic rings. The van der Waals surface area contributed by atoms with Crippen molar-refractivity contribution in [1.29, 1.82) is 0 Å². The zero-order chi connectivity index (χ0) is 12.1. The molecule has 0 atom stereocenters. The fraction of sp³-hybridized carbons (Fsp3) is 0.400. The largest absolute Gasteiger partial charge is 0.384 e. The van der Waals surface area contributed by atoms with Gasteiger partial charge in [0.05, 0.1) is 6.20 Å². The van der Waals surface area contributed by atoms with Gasteiger partial charge in [0, 0.05) is 25.4 Å². The second kappa shape index (κ2) is 5.24. The summed E-state index contributed by atoms with van der Waals surface area (Å²) < 4.78 is 1.79. The Morgan fingerprint density at radius 2 is 2.29 bits per heavy atom. The first-order valence-corrected chi connectivity index (χ1v) is 5.43. The summed E-state index contributed by atoms with van der Waals surface area (Å²) in [4.78, 5) is 8.24. The molecule has 90 valence electrons. The summed E-state index contributed by atoms with van der Waals surface area (Å²) in [6.45, 7) is 3.44. The zero-order valence-corrected chi connectivity index (χ0v) is 9.67. The molecule has 0 spiro atoms. The van der Waals surface area contributed by atoms with E-state index in [1.54, 1.807) is 16.9 Å². The average Bonchev–Trinajstić information content (AvgIpc) is 2.76. The molecule has 0 bridgehead atoms. The van der Waals surface area contributed by atoms with Gasteiger partial charge in [-0.1, -0.05) is 5.21 Å². The molecule has 0 unspecified atom stereocenters. The summed E-state index contributed by atoms with van der Waals surface area (Å²) in [5, 5.41) is 10.8. The van der Waals surface area contributed by atoms with E-state index in [0.29, 0.717) is 11.6 Å². The SMILES string of the molecule is Cc1nc(N)cc(NCCCn2ccnn2)n1. The summed E-state index contributed by atoms with van der Waals surface area (Å²) >= 11 is 0. The first-order chi connectivity index (χ1) is 8.24. The maximum Gasteiger partial charge on any atom is 0.131 e. The fourth-order valence-corrected chi connectivity index (χ4v) is 1.49. The van der Waals surface area contributed by atoms with Gasteiger partial charge in [-0.3, -0.25) is 4.68 Å². The van der Waals surface area contributed by atoms with E-state index in [2.05, 4.69) is 25.6 Å². The highest BCUT2D eigenvalue weighted by molar-refractivity contribution is 5.44. The Morgan fingerprint density at radius 3 is 3.00 bits per heavy atom. The molecule has 3 N–H and O–H groups in total. The fourth-order valence-electron chi connectivity index (χ4n) is 1.49. The molecule has 0 saturated heterocycles. The van der Waals surface area contributed by atoms with Gasteiger partial charge in [-0.2, -0.15) is 0 Å². The molecular weight excluding hydrogens is 218 g/mol. The Balaban J connectivity index is 1.78. The predicted octanol–water partition coefficient (Wildman–Crippen LogP) is 0.461. The van der Waals surface area contributed by atoms with Crippen LogP contribution in [-0.4, -0.2) is 31.5 Å². The van der Waals surface area contributed by atoms with Crippen LogP contribution >= 0.6 is 0 Å². The molecule has 2 heterocycles. The molecule has 2 aromatic rings. The van der Waals surface area contributed by atoms with E-state index in [1.165, 1.54) is 0 Å². The van der Waals surface area contributed by atoms with Crippen LogP contribution in [0.2, 0.25) is 0 Å². The lowest BCUT2D eigenvalue weighted by atomic mass is 10.4. The number of hydrogen-bond acceptors (Lipinski definition) is 6. The topological polar surface area (TPSA) is 94.5 Å². The Kier molecular flexibility index (Phi) is 3.49. The molecule has 0 amide bonds. The number of nitrogens with two attached hydrogens (primary N) is 1. The lowest BCUT2D eigenvalue weighted by Crippen LogP contribution is -2.09. The molecule has 0 aliphatic carbocycles. The monoisotopic (exact) mass is 233 g/mol. The predicted molar refractivity (Wildman–Crippen MR) is 64.3 cm³/mol. The van der Waals surface area contributed by atoms with Gasteiger partial charge >= 0.3 is 0 Å². The average molecular weight is 233 g/mol. The zero-order valence-electron chi connectivity index (χ0n) is 9.67. The third-order valence-electron chi connectivity index (χ3n) is 2.20. The molecule has 0 fully saturated rings. The number of nitrogens with zero attached hydrogens (tertiary/aromatic N) is 5. The molecule has 2 aromatic heterocycles. The van der Waals surface area contributed by atoms with Crippen LogP contribution in [0.15, 0.2) is 18.5 Å². The lowest BCUT2D eigenvalue weighted by Gasteiger charge is -2.06. The van der Waals surface area contributed by atoms with E-state index in [1.807, 2.05) is 13.1 Å². The van der Waals surface area contributed by atoms with Crippen LogP contribution in [0.5, 0.6) is 0 Å². The minimum Gasteiger partial charge on any atom is -0.384 e. The van der Waals surface area contributed by atoms with Crippen molar-refractivity contribution in [3.63, 3.8) is 0 Å². The van der Waals surface area contributed by atoms with E-state index in [0.717, 1.165) is 25.3 Å². The van der Waals surface area contributed by atoms with Gasteiger partial charge in [0.25, 0.3) is 0 Å². The highest BCUT2D eigenvalue weighted by atomic mass is 15.4. The second-order valence-electron chi connectivity index (χ2n) is 3.67. The quantitative estimate of drug-likeness (QED) is 0.728. The second-order valence-corrected chi connectivity index (χ2v) is 3.67. The molecule has 7 heteroatoms. The van der Waals surface area contributed by atoms with Gasteiger partial charge in [-0.25, -0.2) is 9.97 Å². The molecule has 7 nitrogen and oxygen atoms in total. The number of nitrogen functional groups attached to an aromatic ring is 1. The van der Waals surface area contributed by atoms with Gasteiger partial charge in [-0.15, -0.1) is 5.10 Å². The molecule has 0 aromatic carbocycles. The van der Waals surface area contributed by atoms with E-state index in [9.17, 15) is 0 Å². The van der Waals surface area contributed by atoms with Crippen LogP contribution in [-0.2, 0) is 6.54 Å². The lowest BCUT2D eigenvalue weighted by molar-refractivity contribution is 0.569. The molecule has 0 radical (unpaired) electrons. The summed E-state index contributed by atoms with van der Waals surface area (Å²) in [5.41, 5.74) is 5.63. The van der Waals surface area contributed by atoms with Gasteiger partial charge in [-0.05, 0) is 13.3 Å². The summed E-state index contributed by atoms with van der Waals surface area (Å²) in [5.74, 6) is 1.91. The van der Waals surface area contributed by atoms with E-state index in [4.69, 9.17) is 5.73 Å². The third kappa shape index (κ3) is 3.40. The highest BCUT2D eigenvalue weighted by Gasteiger charge is 1.98. The first kappa shape index (κ1) is 11.3. The van der Waals surface area contributed by atoms with Gasteiger partial charge in [0.15, 0.2) is 0 Å². The number of nitrogens with one attached hydrogen (secondary N) is 1. The van der Waals surface area contributed by atoms with Crippen molar-refractivity contribution in [1.82, 2.24) is 25.0 Å². The van der Waals surface area contributed by atoms with Crippen molar-refractivity contribution in [2.75, 3.05) is 17.6 Å². The molecule has 0 aliphatic heterocycles. The van der Waals surface area contributed by atoms with Crippen molar-refractivity contribution in [2.24, 2.45) is 0 Å².